The predicted molar refractivity (Wildman–Crippen MR) is 108 cm³/mol. The Balaban J connectivity index is 1.66. The van der Waals surface area contributed by atoms with Gasteiger partial charge >= 0.3 is 10.8 Å². The number of carbonyl (C=O) groups is 2. The van der Waals surface area contributed by atoms with Crippen LogP contribution in [0.4, 0.5) is 0 Å². The molecule has 3 aromatic rings. The summed E-state index contributed by atoms with van der Waals surface area (Å²) >= 11 is 0.826. The Morgan fingerprint density at radius 1 is 1.10 bits per heavy atom. The smallest absolute Gasteiger partial charge is 0.373 e. The van der Waals surface area contributed by atoms with Gasteiger partial charge in [0.25, 0.3) is 5.91 Å². The number of furan rings is 1. The van der Waals surface area contributed by atoms with Crippen molar-refractivity contribution in [1.29, 1.82) is 0 Å². The minimum atomic E-state index is -0.603. The molecule has 2 heterocycles. The lowest BCUT2D eigenvalue weighted by Crippen LogP contribution is -2.22. The largest absolute Gasteiger partial charge is 0.493 e. The van der Waals surface area contributed by atoms with Crippen LogP contribution in [0.25, 0.3) is 0 Å². The fourth-order valence-electron chi connectivity index (χ4n) is 2.69. The topological polar surface area (TPSA) is 109 Å². The molecule has 0 fully saturated rings. The molecule has 0 spiro atoms. The van der Waals surface area contributed by atoms with Crippen LogP contribution in [0, 0.1) is 0 Å². The first-order valence-corrected chi connectivity index (χ1v) is 9.63. The maximum absolute atomic E-state index is 12.5. The molecule has 0 saturated heterocycles. The van der Waals surface area contributed by atoms with Gasteiger partial charge in [0.1, 0.15) is 10.6 Å². The Kier molecular flexibility index (Phi) is 6.58. The summed E-state index contributed by atoms with van der Waals surface area (Å²) in [6, 6.07) is 8.37. The van der Waals surface area contributed by atoms with Crippen molar-refractivity contribution < 1.29 is 28.2 Å². The SMILES string of the molecule is COC(=O)c1ccc(Cn2cc(C(=O)NCc3ccc(OC)c(OC)c3)sc2=O)o1. The molecule has 0 saturated carbocycles. The van der Waals surface area contributed by atoms with Crippen molar-refractivity contribution in [2.45, 2.75) is 13.1 Å². The summed E-state index contributed by atoms with van der Waals surface area (Å²) in [4.78, 5) is 36.1. The number of amides is 1. The van der Waals surface area contributed by atoms with Crippen LogP contribution >= 0.6 is 11.3 Å². The van der Waals surface area contributed by atoms with Crippen LogP contribution in [0.3, 0.4) is 0 Å². The number of carbonyl (C=O) groups excluding carboxylic acids is 2. The zero-order valence-corrected chi connectivity index (χ0v) is 17.4. The molecule has 0 bridgehead atoms. The van der Waals surface area contributed by atoms with Gasteiger partial charge in [0.2, 0.25) is 5.76 Å². The van der Waals surface area contributed by atoms with Crippen molar-refractivity contribution in [3.8, 4) is 11.5 Å². The number of hydrogen-bond acceptors (Lipinski definition) is 8. The lowest BCUT2D eigenvalue weighted by molar-refractivity contribution is 0.0562. The molecular formula is C20H20N2O7S. The number of nitrogens with zero attached hydrogens (tertiary/aromatic N) is 1. The van der Waals surface area contributed by atoms with E-state index in [-0.39, 0.29) is 34.5 Å². The first-order chi connectivity index (χ1) is 14.4. The highest BCUT2D eigenvalue weighted by Gasteiger charge is 2.15. The van der Waals surface area contributed by atoms with Crippen LogP contribution in [0.2, 0.25) is 0 Å². The van der Waals surface area contributed by atoms with Crippen molar-refractivity contribution in [2.75, 3.05) is 21.3 Å². The second-order valence-electron chi connectivity index (χ2n) is 6.12. The fraction of sp³-hybridized carbons (Fsp3) is 0.250. The van der Waals surface area contributed by atoms with Gasteiger partial charge < -0.3 is 23.9 Å². The molecule has 3 rings (SSSR count). The molecule has 1 aromatic carbocycles. The summed E-state index contributed by atoms with van der Waals surface area (Å²) in [6.07, 6.45) is 1.46. The van der Waals surface area contributed by atoms with E-state index in [1.807, 2.05) is 6.07 Å². The van der Waals surface area contributed by atoms with Gasteiger partial charge in [-0.2, -0.15) is 0 Å². The summed E-state index contributed by atoms with van der Waals surface area (Å²) in [5.74, 6) is 0.617. The number of hydrogen-bond donors (Lipinski definition) is 1. The van der Waals surface area contributed by atoms with E-state index in [0.29, 0.717) is 17.3 Å². The van der Waals surface area contributed by atoms with Gasteiger partial charge in [0.15, 0.2) is 11.5 Å². The quantitative estimate of drug-likeness (QED) is 0.544. The molecule has 0 aliphatic heterocycles. The standard InChI is InChI=1S/C20H20N2O7S/c1-26-14-6-4-12(8-16(14)27-2)9-21-18(23)17-11-22(20(25)30-17)10-13-5-7-15(29-13)19(24)28-3/h4-8,11H,9-10H2,1-3H3,(H,21,23). The lowest BCUT2D eigenvalue weighted by Gasteiger charge is -2.10. The molecule has 0 atom stereocenters. The van der Waals surface area contributed by atoms with Gasteiger partial charge in [-0.15, -0.1) is 0 Å². The molecule has 2 aromatic heterocycles. The molecule has 158 valence electrons. The predicted octanol–water partition coefficient (Wildman–Crippen LogP) is 2.28. The summed E-state index contributed by atoms with van der Waals surface area (Å²) in [6.45, 7) is 0.348. The number of nitrogens with one attached hydrogen (secondary N) is 1. The molecule has 10 heteroatoms. The van der Waals surface area contributed by atoms with Crippen molar-refractivity contribution in [1.82, 2.24) is 9.88 Å². The average Bonchev–Trinajstić information content (AvgIpc) is 3.38. The zero-order chi connectivity index (χ0) is 21.7. The van der Waals surface area contributed by atoms with Gasteiger partial charge in [-0.3, -0.25) is 14.2 Å². The van der Waals surface area contributed by atoms with Crippen molar-refractivity contribution >= 4 is 23.2 Å². The van der Waals surface area contributed by atoms with Gasteiger partial charge in [0, 0.05) is 12.7 Å². The van der Waals surface area contributed by atoms with E-state index in [1.165, 1.54) is 31.0 Å². The number of ether oxygens (including phenoxy) is 3. The van der Waals surface area contributed by atoms with Crippen LogP contribution < -0.4 is 19.7 Å². The van der Waals surface area contributed by atoms with E-state index in [4.69, 9.17) is 13.9 Å². The van der Waals surface area contributed by atoms with E-state index < -0.39 is 5.97 Å². The van der Waals surface area contributed by atoms with Crippen LogP contribution in [0.5, 0.6) is 11.5 Å². The van der Waals surface area contributed by atoms with Crippen molar-refractivity contribution in [2.24, 2.45) is 0 Å². The summed E-state index contributed by atoms with van der Waals surface area (Å²) in [5, 5.41) is 2.77. The third-order valence-corrected chi connectivity index (χ3v) is 5.12. The van der Waals surface area contributed by atoms with Crippen molar-refractivity contribution in [3.63, 3.8) is 0 Å². The first-order valence-electron chi connectivity index (χ1n) is 8.81. The number of aromatic nitrogens is 1. The molecule has 0 unspecified atom stereocenters. The average molecular weight is 432 g/mol. The minimum absolute atomic E-state index is 0.0451. The molecule has 0 radical (unpaired) electrons. The molecule has 1 amide bonds. The van der Waals surface area contributed by atoms with E-state index in [2.05, 4.69) is 10.1 Å². The van der Waals surface area contributed by atoms with Crippen LogP contribution in [0.15, 0.2) is 45.7 Å². The number of esters is 1. The van der Waals surface area contributed by atoms with E-state index in [0.717, 1.165) is 16.9 Å². The van der Waals surface area contributed by atoms with Gasteiger partial charge in [-0.25, -0.2) is 4.79 Å². The van der Waals surface area contributed by atoms with E-state index >= 15 is 0 Å². The summed E-state index contributed by atoms with van der Waals surface area (Å²) < 4.78 is 21.7. The molecular weight excluding hydrogens is 412 g/mol. The van der Waals surface area contributed by atoms with Crippen LogP contribution in [-0.4, -0.2) is 37.8 Å². The Morgan fingerprint density at radius 3 is 2.57 bits per heavy atom. The highest BCUT2D eigenvalue weighted by atomic mass is 32.1. The Labute approximate surface area is 175 Å². The molecule has 0 aliphatic rings. The Hall–Kier alpha value is -3.53. The number of methoxy groups -OCH3 is 3. The van der Waals surface area contributed by atoms with Gasteiger partial charge in [0.05, 0.1) is 27.9 Å². The first kappa shape index (κ1) is 21.2. The minimum Gasteiger partial charge on any atom is -0.493 e. The third kappa shape index (κ3) is 4.71. The van der Waals surface area contributed by atoms with Gasteiger partial charge in [-0.1, -0.05) is 17.4 Å². The Bertz CT molecular complexity index is 1110. The second kappa shape index (κ2) is 9.31. The van der Waals surface area contributed by atoms with E-state index in [1.54, 1.807) is 25.3 Å². The normalized spacial score (nSPS) is 10.5. The highest BCUT2D eigenvalue weighted by Crippen LogP contribution is 2.27. The number of rotatable bonds is 8. The maximum atomic E-state index is 12.5. The number of thiazole rings is 1. The third-order valence-electron chi connectivity index (χ3n) is 4.20. The summed E-state index contributed by atoms with van der Waals surface area (Å²) in [5.41, 5.74) is 0.818. The molecule has 1 N–H and O–H groups in total. The lowest BCUT2D eigenvalue weighted by atomic mass is 10.2. The fourth-order valence-corrected chi connectivity index (χ4v) is 3.46. The number of benzene rings is 1. The molecule has 9 nitrogen and oxygen atoms in total. The van der Waals surface area contributed by atoms with E-state index in [9.17, 15) is 14.4 Å². The molecule has 30 heavy (non-hydrogen) atoms. The van der Waals surface area contributed by atoms with Crippen LogP contribution in [0.1, 0.15) is 31.6 Å². The Morgan fingerprint density at radius 2 is 1.87 bits per heavy atom. The zero-order valence-electron chi connectivity index (χ0n) is 16.6. The monoisotopic (exact) mass is 432 g/mol. The van der Waals surface area contributed by atoms with Gasteiger partial charge in [-0.05, 0) is 29.8 Å². The van der Waals surface area contributed by atoms with Crippen LogP contribution in [-0.2, 0) is 17.8 Å². The second-order valence-corrected chi connectivity index (χ2v) is 7.11. The van der Waals surface area contributed by atoms with Crippen molar-refractivity contribution in [3.05, 3.63) is 68.2 Å². The molecule has 0 aliphatic carbocycles. The summed E-state index contributed by atoms with van der Waals surface area (Å²) in [7, 11) is 4.33. The maximum Gasteiger partial charge on any atom is 0.373 e. The highest BCUT2D eigenvalue weighted by molar-refractivity contribution is 7.11.